The van der Waals surface area contributed by atoms with Crippen molar-refractivity contribution in [2.45, 2.75) is 37.3 Å². The zero-order valence-corrected chi connectivity index (χ0v) is 15.5. The van der Waals surface area contributed by atoms with E-state index in [9.17, 15) is 0 Å². The van der Waals surface area contributed by atoms with Crippen molar-refractivity contribution in [3.05, 3.63) is 23.2 Å². The summed E-state index contributed by atoms with van der Waals surface area (Å²) in [6, 6.07) is 5.36. The average Bonchev–Trinajstić information content (AvgIpc) is 3.03. The van der Waals surface area contributed by atoms with Crippen LogP contribution in [0.25, 0.3) is 10.2 Å². The van der Waals surface area contributed by atoms with Crippen molar-refractivity contribution < 1.29 is 0 Å². The number of aromatic nitrogens is 4. The molecule has 1 aliphatic carbocycles. The molecular formula is C18H21N7S. The molecular weight excluding hydrogens is 346 g/mol. The maximum atomic E-state index is 4.91. The number of rotatable bonds is 4. The zero-order valence-electron chi connectivity index (χ0n) is 14.6. The van der Waals surface area contributed by atoms with Crippen molar-refractivity contribution in [1.29, 1.82) is 0 Å². The molecule has 7 nitrogen and oxygen atoms in total. The summed E-state index contributed by atoms with van der Waals surface area (Å²) < 4.78 is 1.09. The number of likely N-dealkylation sites (tertiary alicyclic amines) is 1. The first-order chi connectivity index (χ1) is 12.7. The second-order valence-corrected chi connectivity index (χ2v) is 8.67. The van der Waals surface area contributed by atoms with Gasteiger partial charge in [-0.25, -0.2) is 4.98 Å². The summed E-state index contributed by atoms with van der Waals surface area (Å²) in [7, 11) is 2.22. The van der Waals surface area contributed by atoms with E-state index in [0.717, 1.165) is 40.9 Å². The Balaban J connectivity index is 1.35. The Kier molecular flexibility index (Phi) is 3.10. The molecule has 2 bridgehead atoms. The van der Waals surface area contributed by atoms with Gasteiger partial charge in [0.1, 0.15) is 0 Å². The van der Waals surface area contributed by atoms with Gasteiger partial charge in [0.2, 0.25) is 5.95 Å². The van der Waals surface area contributed by atoms with Gasteiger partial charge in [0.25, 0.3) is 0 Å². The van der Waals surface area contributed by atoms with E-state index in [1.165, 1.54) is 25.0 Å². The van der Waals surface area contributed by atoms with Crippen molar-refractivity contribution >= 4 is 39.1 Å². The Morgan fingerprint density at radius 3 is 2.92 bits per heavy atom. The summed E-state index contributed by atoms with van der Waals surface area (Å²) in [6.45, 7) is 2.12. The van der Waals surface area contributed by atoms with E-state index in [1.807, 2.05) is 0 Å². The number of thiophene rings is 1. The maximum Gasteiger partial charge on any atom is 0.228 e. The van der Waals surface area contributed by atoms with Gasteiger partial charge in [-0.05, 0) is 37.8 Å². The lowest BCUT2D eigenvalue weighted by atomic mass is 10.2. The Morgan fingerprint density at radius 1 is 1.23 bits per heavy atom. The quantitative estimate of drug-likeness (QED) is 0.739. The lowest BCUT2D eigenvalue weighted by molar-refractivity contribution is 0.291. The van der Waals surface area contributed by atoms with E-state index >= 15 is 0 Å². The van der Waals surface area contributed by atoms with Crippen LogP contribution in [-0.4, -0.2) is 57.3 Å². The Hall–Kier alpha value is -2.19. The molecule has 3 aromatic heterocycles. The molecule has 2 atom stereocenters. The number of H-pyrrole nitrogens is 1. The van der Waals surface area contributed by atoms with Gasteiger partial charge in [-0.3, -0.25) is 10.00 Å². The number of nitrogens with zero attached hydrogens (tertiary/aromatic N) is 5. The van der Waals surface area contributed by atoms with Crippen molar-refractivity contribution in [2.75, 3.05) is 30.4 Å². The fourth-order valence-electron chi connectivity index (χ4n) is 4.30. The molecule has 2 aliphatic heterocycles. The third kappa shape index (κ3) is 2.32. The summed E-state index contributed by atoms with van der Waals surface area (Å²) in [4.78, 5) is 14.6. The minimum atomic E-state index is 0.529. The first kappa shape index (κ1) is 14.9. The normalized spacial score (nSPS) is 25.5. The van der Waals surface area contributed by atoms with Gasteiger partial charge < -0.3 is 10.2 Å². The van der Waals surface area contributed by atoms with Gasteiger partial charge in [0.05, 0.1) is 10.2 Å². The molecule has 26 heavy (non-hydrogen) atoms. The second kappa shape index (κ2) is 5.40. The van der Waals surface area contributed by atoms with Crippen molar-refractivity contribution in [3.63, 3.8) is 0 Å². The van der Waals surface area contributed by atoms with E-state index in [1.54, 1.807) is 11.3 Å². The van der Waals surface area contributed by atoms with Crippen LogP contribution in [0.4, 0.5) is 17.6 Å². The number of likely N-dealkylation sites (N-methyl/N-ethyl adjacent to an activating group) is 1. The van der Waals surface area contributed by atoms with Crippen LogP contribution in [0.1, 0.15) is 30.9 Å². The zero-order chi connectivity index (χ0) is 17.3. The lowest BCUT2D eigenvalue weighted by Gasteiger charge is -2.32. The van der Waals surface area contributed by atoms with Crippen LogP contribution in [0.2, 0.25) is 0 Å². The molecule has 3 fully saturated rings. The summed E-state index contributed by atoms with van der Waals surface area (Å²) in [5.41, 5.74) is 2.24. The Bertz CT molecular complexity index is 973. The van der Waals surface area contributed by atoms with Crippen molar-refractivity contribution in [2.24, 2.45) is 0 Å². The van der Waals surface area contributed by atoms with Gasteiger partial charge in [0.15, 0.2) is 11.6 Å². The molecule has 0 unspecified atom stereocenters. The third-order valence-electron chi connectivity index (χ3n) is 5.92. The number of aromatic amines is 1. The summed E-state index contributed by atoms with van der Waals surface area (Å²) in [6.07, 6.45) is 3.75. The molecule has 0 aromatic carbocycles. The van der Waals surface area contributed by atoms with Crippen molar-refractivity contribution in [1.82, 2.24) is 25.1 Å². The highest BCUT2D eigenvalue weighted by Gasteiger charge is 2.42. The van der Waals surface area contributed by atoms with Gasteiger partial charge in [-0.1, -0.05) is 0 Å². The topological polar surface area (TPSA) is 73.0 Å². The average molecular weight is 367 g/mol. The number of hydrogen-bond donors (Lipinski definition) is 2. The van der Waals surface area contributed by atoms with E-state index in [0.29, 0.717) is 18.0 Å². The van der Waals surface area contributed by atoms with Crippen LogP contribution in [0.5, 0.6) is 0 Å². The maximum absolute atomic E-state index is 4.91. The number of anilines is 3. The number of piperazine rings is 1. The van der Waals surface area contributed by atoms with Crippen LogP contribution in [0, 0.1) is 0 Å². The minimum absolute atomic E-state index is 0.529. The molecule has 0 amide bonds. The van der Waals surface area contributed by atoms with Crippen LogP contribution < -0.4 is 10.2 Å². The van der Waals surface area contributed by atoms with E-state index in [4.69, 9.17) is 9.97 Å². The Labute approximate surface area is 155 Å². The highest BCUT2D eigenvalue weighted by Crippen LogP contribution is 2.40. The monoisotopic (exact) mass is 367 g/mol. The van der Waals surface area contributed by atoms with Gasteiger partial charge in [-0.2, -0.15) is 10.1 Å². The predicted molar refractivity (Wildman–Crippen MR) is 103 cm³/mol. The van der Waals surface area contributed by atoms with Gasteiger partial charge >= 0.3 is 0 Å². The number of hydrogen-bond acceptors (Lipinski definition) is 7. The van der Waals surface area contributed by atoms with Gasteiger partial charge in [-0.15, -0.1) is 11.3 Å². The summed E-state index contributed by atoms with van der Waals surface area (Å²) in [5.74, 6) is 3.22. The third-order valence-corrected chi connectivity index (χ3v) is 6.83. The largest absolute Gasteiger partial charge is 0.335 e. The smallest absolute Gasteiger partial charge is 0.228 e. The summed E-state index contributed by atoms with van der Waals surface area (Å²) in [5, 5.41) is 13.1. The van der Waals surface area contributed by atoms with Crippen LogP contribution in [0.15, 0.2) is 17.5 Å². The predicted octanol–water partition coefficient (Wildman–Crippen LogP) is 2.93. The first-order valence-electron chi connectivity index (χ1n) is 9.29. The standard InChI is InChI=1S/C18H21N7S/c1-24-8-12-6-11(24)9-25(12)18-19-13-4-5-26-16(13)17(21-18)20-15-7-14(22-23-15)10-2-3-10/h4-5,7,10-12H,2-3,6,8-9H2,1H3,(H2,19,20,21,22,23)/t11-,12+/m0/s1. The molecule has 8 heteroatoms. The van der Waals surface area contributed by atoms with Crippen LogP contribution in [-0.2, 0) is 0 Å². The highest BCUT2D eigenvalue weighted by atomic mass is 32.1. The molecule has 2 N–H and O–H groups in total. The van der Waals surface area contributed by atoms with Crippen LogP contribution in [0.3, 0.4) is 0 Å². The minimum Gasteiger partial charge on any atom is -0.335 e. The van der Waals surface area contributed by atoms with Crippen molar-refractivity contribution in [3.8, 4) is 0 Å². The molecule has 0 radical (unpaired) electrons. The first-order valence-corrected chi connectivity index (χ1v) is 10.2. The molecule has 5 heterocycles. The molecule has 2 saturated heterocycles. The molecule has 1 saturated carbocycles. The molecule has 3 aliphatic rings. The fraction of sp³-hybridized carbons (Fsp3) is 0.500. The number of fused-ring (bicyclic) bond motifs is 3. The van der Waals surface area contributed by atoms with E-state index in [2.05, 4.69) is 49.9 Å². The molecule has 134 valence electrons. The molecule has 6 rings (SSSR count). The Morgan fingerprint density at radius 2 is 2.15 bits per heavy atom. The van der Waals surface area contributed by atoms with E-state index < -0.39 is 0 Å². The lowest BCUT2D eigenvalue weighted by Crippen LogP contribution is -2.45. The fourth-order valence-corrected chi connectivity index (χ4v) is 5.08. The molecule has 0 spiro atoms. The summed E-state index contributed by atoms with van der Waals surface area (Å²) >= 11 is 1.67. The van der Waals surface area contributed by atoms with E-state index in [-0.39, 0.29) is 0 Å². The SMILES string of the molecule is CN1C[C@H]2C[C@H]1CN2c1nc(Nc2cc(C3CC3)[nH]n2)c2sccc2n1. The highest BCUT2D eigenvalue weighted by molar-refractivity contribution is 7.17. The second-order valence-electron chi connectivity index (χ2n) is 7.75. The van der Waals surface area contributed by atoms with Gasteiger partial charge in [0, 0.05) is 42.9 Å². The molecule has 3 aromatic rings. The number of nitrogens with one attached hydrogen (secondary N) is 2. The van der Waals surface area contributed by atoms with Crippen LogP contribution >= 0.6 is 11.3 Å².